The minimum atomic E-state index is -0.307. The predicted octanol–water partition coefficient (Wildman–Crippen LogP) is 5.51. The van der Waals surface area contributed by atoms with E-state index in [0.29, 0.717) is 42.1 Å². The Bertz CT molecular complexity index is 1660. The number of imidazole rings is 1. The molecule has 8 nitrogen and oxygen atoms in total. The van der Waals surface area contributed by atoms with Crippen molar-refractivity contribution in [2.24, 2.45) is 0 Å². The van der Waals surface area contributed by atoms with Gasteiger partial charge in [-0.15, -0.1) is 5.10 Å². The van der Waals surface area contributed by atoms with Crippen LogP contribution in [0.15, 0.2) is 91.3 Å². The zero-order chi connectivity index (χ0) is 25.0. The molecule has 0 unspecified atom stereocenters. The number of H-pyrrole nitrogens is 1. The zero-order valence-electron chi connectivity index (χ0n) is 20.0. The number of fused-ring (bicyclic) bond motifs is 3. The van der Waals surface area contributed by atoms with Gasteiger partial charge >= 0.3 is 5.97 Å². The molecule has 3 aromatic heterocycles. The Morgan fingerprint density at radius 3 is 2.30 bits per heavy atom. The highest BCUT2D eigenvalue weighted by molar-refractivity contribution is 5.89. The summed E-state index contributed by atoms with van der Waals surface area (Å²) in [4.78, 5) is 29.1. The summed E-state index contributed by atoms with van der Waals surface area (Å²) in [6, 6.07) is 27.5. The Labute approximate surface area is 213 Å². The zero-order valence-corrected chi connectivity index (χ0v) is 20.0. The van der Waals surface area contributed by atoms with Gasteiger partial charge in [0.15, 0.2) is 17.1 Å². The van der Waals surface area contributed by atoms with Gasteiger partial charge in [-0.2, -0.15) is 4.52 Å². The molecule has 0 aliphatic carbocycles. The van der Waals surface area contributed by atoms with E-state index in [1.807, 2.05) is 48.5 Å². The maximum Gasteiger partial charge on any atom is 0.338 e. The standard InChI is InChI=1S/C29H24N6O2/c36-29(23-11-5-2-6-12-23)37-18-8-7-13-24-32-27-25(30-19-31-27)28-33-26(34-35(24)28)22-16-14-21(15-17-22)20-9-3-1-4-10-20/h1-6,9-12,14-17,19H,7-8,13,18H2,(H,30,31). The van der Waals surface area contributed by atoms with Crippen molar-refractivity contribution in [3.63, 3.8) is 0 Å². The molecule has 0 bridgehead atoms. The van der Waals surface area contributed by atoms with Crippen molar-refractivity contribution in [2.45, 2.75) is 19.3 Å². The van der Waals surface area contributed by atoms with Gasteiger partial charge in [-0.05, 0) is 36.1 Å². The van der Waals surface area contributed by atoms with Gasteiger partial charge in [-0.25, -0.2) is 19.7 Å². The smallest absolute Gasteiger partial charge is 0.338 e. The van der Waals surface area contributed by atoms with Crippen molar-refractivity contribution in [3.05, 3.63) is 103 Å². The number of aromatic nitrogens is 6. The Hall–Kier alpha value is -4.85. The van der Waals surface area contributed by atoms with E-state index >= 15 is 0 Å². The molecule has 0 amide bonds. The number of hydrogen-bond donors (Lipinski definition) is 1. The third kappa shape index (κ3) is 4.69. The summed E-state index contributed by atoms with van der Waals surface area (Å²) in [6.07, 6.45) is 3.76. The summed E-state index contributed by atoms with van der Waals surface area (Å²) < 4.78 is 7.19. The molecule has 1 N–H and O–H groups in total. The van der Waals surface area contributed by atoms with Gasteiger partial charge in [-0.1, -0.05) is 72.8 Å². The number of unbranched alkanes of at least 4 members (excludes halogenated alkanes) is 1. The molecule has 3 heterocycles. The van der Waals surface area contributed by atoms with E-state index < -0.39 is 0 Å². The normalized spacial score (nSPS) is 11.2. The summed E-state index contributed by atoms with van der Waals surface area (Å²) in [5, 5.41) is 4.79. The van der Waals surface area contributed by atoms with Crippen LogP contribution < -0.4 is 0 Å². The number of nitrogens with zero attached hydrogens (tertiary/aromatic N) is 5. The number of carbonyl (C=O) groups excluding carboxylic acids is 1. The van der Waals surface area contributed by atoms with E-state index in [2.05, 4.69) is 34.2 Å². The van der Waals surface area contributed by atoms with Crippen LogP contribution in [0.3, 0.4) is 0 Å². The first-order chi connectivity index (χ1) is 18.3. The largest absolute Gasteiger partial charge is 0.462 e. The molecule has 0 radical (unpaired) electrons. The van der Waals surface area contributed by atoms with Crippen LogP contribution in [-0.4, -0.2) is 42.1 Å². The number of ether oxygens (including phenoxy) is 1. The molecule has 0 atom stereocenters. The van der Waals surface area contributed by atoms with Crippen molar-refractivity contribution in [1.29, 1.82) is 0 Å². The van der Waals surface area contributed by atoms with Crippen LogP contribution in [0.5, 0.6) is 0 Å². The number of hydrogen-bond acceptors (Lipinski definition) is 6. The quantitative estimate of drug-likeness (QED) is 0.224. The Morgan fingerprint density at radius 1 is 0.811 bits per heavy atom. The van der Waals surface area contributed by atoms with Crippen molar-refractivity contribution >= 4 is 22.8 Å². The van der Waals surface area contributed by atoms with E-state index in [4.69, 9.17) is 19.8 Å². The van der Waals surface area contributed by atoms with E-state index in [1.54, 1.807) is 23.0 Å². The van der Waals surface area contributed by atoms with Gasteiger partial charge in [0.2, 0.25) is 0 Å². The number of nitrogens with one attached hydrogen (secondary N) is 1. The molecule has 3 aromatic carbocycles. The molecular weight excluding hydrogens is 464 g/mol. The number of benzene rings is 3. The van der Waals surface area contributed by atoms with Gasteiger partial charge in [0, 0.05) is 12.0 Å². The van der Waals surface area contributed by atoms with Crippen LogP contribution in [0.1, 0.15) is 29.0 Å². The molecule has 0 aliphatic heterocycles. The molecule has 182 valence electrons. The van der Waals surface area contributed by atoms with Crippen LogP contribution in [0.25, 0.3) is 39.3 Å². The lowest BCUT2D eigenvalue weighted by molar-refractivity contribution is 0.0498. The van der Waals surface area contributed by atoms with E-state index in [9.17, 15) is 4.79 Å². The fourth-order valence-electron chi connectivity index (χ4n) is 4.29. The van der Waals surface area contributed by atoms with Crippen molar-refractivity contribution < 1.29 is 9.53 Å². The minimum absolute atomic E-state index is 0.307. The second-order valence-corrected chi connectivity index (χ2v) is 8.70. The maximum atomic E-state index is 12.1. The molecule has 0 saturated heterocycles. The third-order valence-electron chi connectivity index (χ3n) is 6.22. The molecule has 6 aromatic rings. The second-order valence-electron chi connectivity index (χ2n) is 8.70. The fourth-order valence-corrected chi connectivity index (χ4v) is 4.29. The first kappa shape index (κ1) is 22.6. The number of esters is 1. The van der Waals surface area contributed by atoms with Gasteiger partial charge in [0.25, 0.3) is 0 Å². The van der Waals surface area contributed by atoms with Gasteiger partial charge < -0.3 is 9.72 Å². The van der Waals surface area contributed by atoms with Gasteiger partial charge in [0.05, 0.1) is 18.5 Å². The molecule has 37 heavy (non-hydrogen) atoms. The number of aromatic amines is 1. The number of aryl methyl sites for hydroxylation is 1. The van der Waals surface area contributed by atoms with Crippen molar-refractivity contribution in [1.82, 2.24) is 29.5 Å². The average molecular weight is 489 g/mol. The summed E-state index contributed by atoms with van der Waals surface area (Å²) in [5.74, 6) is 1.09. The summed E-state index contributed by atoms with van der Waals surface area (Å²) >= 11 is 0. The topological polar surface area (TPSA) is 98.1 Å². The number of carbonyl (C=O) groups is 1. The number of rotatable bonds is 8. The molecule has 0 fully saturated rings. The van der Waals surface area contributed by atoms with Crippen LogP contribution >= 0.6 is 0 Å². The first-order valence-corrected chi connectivity index (χ1v) is 12.2. The molecule has 0 saturated carbocycles. The highest BCUT2D eigenvalue weighted by Crippen LogP contribution is 2.25. The lowest BCUT2D eigenvalue weighted by Crippen LogP contribution is -2.08. The average Bonchev–Trinajstić information content (AvgIpc) is 3.61. The van der Waals surface area contributed by atoms with E-state index in [1.165, 1.54) is 0 Å². The third-order valence-corrected chi connectivity index (χ3v) is 6.22. The fraction of sp³-hybridized carbons (Fsp3) is 0.138. The Kier molecular flexibility index (Phi) is 6.12. The lowest BCUT2D eigenvalue weighted by atomic mass is 10.0. The molecule has 6 rings (SSSR count). The van der Waals surface area contributed by atoms with Crippen molar-refractivity contribution in [3.8, 4) is 22.5 Å². The molecular formula is C29H24N6O2. The summed E-state index contributed by atoms with van der Waals surface area (Å²) in [7, 11) is 0. The van der Waals surface area contributed by atoms with E-state index in [-0.39, 0.29) is 5.97 Å². The van der Waals surface area contributed by atoms with E-state index in [0.717, 1.165) is 34.5 Å². The summed E-state index contributed by atoms with van der Waals surface area (Å²) in [5.41, 5.74) is 5.83. The highest BCUT2D eigenvalue weighted by atomic mass is 16.5. The molecule has 8 heteroatoms. The SMILES string of the molecule is O=C(OCCCCc1nc2nc[nH]c2c2nc(-c3ccc(-c4ccccc4)cc3)nn12)c1ccccc1. The Balaban J connectivity index is 1.19. The highest BCUT2D eigenvalue weighted by Gasteiger charge is 2.16. The summed E-state index contributed by atoms with van der Waals surface area (Å²) in [6.45, 7) is 0.345. The van der Waals surface area contributed by atoms with Crippen LogP contribution in [-0.2, 0) is 11.2 Å². The molecule has 0 aliphatic rings. The predicted molar refractivity (Wildman–Crippen MR) is 141 cm³/mol. The minimum Gasteiger partial charge on any atom is -0.462 e. The van der Waals surface area contributed by atoms with Gasteiger partial charge in [0.1, 0.15) is 11.3 Å². The van der Waals surface area contributed by atoms with Gasteiger partial charge in [-0.3, -0.25) is 0 Å². The van der Waals surface area contributed by atoms with Crippen LogP contribution in [0, 0.1) is 0 Å². The van der Waals surface area contributed by atoms with Crippen LogP contribution in [0.2, 0.25) is 0 Å². The first-order valence-electron chi connectivity index (χ1n) is 12.2. The maximum absolute atomic E-state index is 12.1. The monoisotopic (exact) mass is 488 g/mol. The lowest BCUT2D eigenvalue weighted by Gasteiger charge is -2.06. The van der Waals surface area contributed by atoms with Crippen molar-refractivity contribution in [2.75, 3.05) is 6.61 Å². The Morgan fingerprint density at radius 2 is 1.51 bits per heavy atom. The van der Waals surface area contributed by atoms with Crippen LogP contribution in [0.4, 0.5) is 0 Å². The molecule has 0 spiro atoms. The second kappa shape index (κ2) is 10.0.